The standard InChI is InChI=1S/C17H23NO5S/c1-11-8-18(9-12(2)23-11)16(19)10-22-17(20)14-6-5-13(24-4)7-15(14)21-3/h5-7,11-12H,8-10H2,1-4H3. The molecule has 2 rings (SSSR count). The number of carbonyl (C=O) groups excluding carboxylic acids is 2. The molecule has 0 aliphatic carbocycles. The van der Waals surface area contributed by atoms with Gasteiger partial charge >= 0.3 is 5.97 Å². The Hall–Kier alpha value is -1.73. The lowest BCUT2D eigenvalue weighted by molar-refractivity contribution is -0.146. The van der Waals surface area contributed by atoms with E-state index >= 15 is 0 Å². The summed E-state index contributed by atoms with van der Waals surface area (Å²) in [6.07, 6.45) is 1.90. The number of methoxy groups -OCH3 is 1. The van der Waals surface area contributed by atoms with E-state index in [1.165, 1.54) is 7.11 Å². The molecular weight excluding hydrogens is 330 g/mol. The quantitative estimate of drug-likeness (QED) is 0.597. The summed E-state index contributed by atoms with van der Waals surface area (Å²) < 4.78 is 16.0. The molecule has 0 N–H and O–H groups in total. The zero-order valence-corrected chi connectivity index (χ0v) is 15.2. The lowest BCUT2D eigenvalue weighted by Gasteiger charge is -2.35. The molecule has 1 aromatic carbocycles. The summed E-state index contributed by atoms with van der Waals surface area (Å²) in [5, 5.41) is 0. The number of morpholine rings is 1. The number of ether oxygens (including phenoxy) is 3. The molecule has 7 heteroatoms. The van der Waals surface area contributed by atoms with E-state index in [1.807, 2.05) is 26.2 Å². The average Bonchev–Trinajstić information content (AvgIpc) is 2.57. The molecule has 0 aromatic heterocycles. The van der Waals surface area contributed by atoms with Gasteiger partial charge in [0, 0.05) is 18.0 Å². The van der Waals surface area contributed by atoms with Gasteiger partial charge in [0.05, 0.1) is 19.3 Å². The summed E-state index contributed by atoms with van der Waals surface area (Å²) in [7, 11) is 1.50. The van der Waals surface area contributed by atoms with Gasteiger partial charge in [-0.2, -0.15) is 0 Å². The molecule has 0 saturated carbocycles. The largest absolute Gasteiger partial charge is 0.496 e. The molecule has 1 aliphatic heterocycles. The van der Waals surface area contributed by atoms with Crippen molar-refractivity contribution in [2.24, 2.45) is 0 Å². The molecule has 0 bridgehead atoms. The number of nitrogens with zero attached hydrogens (tertiary/aromatic N) is 1. The lowest BCUT2D eigenvalue weighted by atomic mass is 10.2. The molecule has 24 heavy (non-hydrogen) atoms. The van der Waals surface area contributed by atoms with Crippen molar-refractivity contribution in [2.75, 3.05) is 33.1 Å². The monoisotopic (exact) mass is 353 g/mol. The van der Waals surface area contributed by atoms with Gasteiger partial charge in [-0.3, -0.25) is 4.79 Å². The first kappa shape index (κ1) is 18.6. The van der Waals surface area contributed by atoms with Gasteiger partial charge in [-0.1, -0.05) is 0 Å². The highest BCUT2D eigenvalue weighted by Crippen LogP contribution is 2.26. The van der Waals surface area contributed by atoms with Gasteiger partial charge in [-0.05, 0) is 38.3 Å². The van der Waals surface area contributed by atoms with E-state index in [0.717, 1.165) is 4.90 Å². The normalized spacial score (nSPS) is 20.6. The van der Waals surface area contributed by atoms with E-state index in [1.54, 1.807) is 28.8 Å². The van der Waals surface area contributed by atoms with Crippen molar-refractivity contribution in [1.29, 1.82) is 0 Å². The Labute approximate surface area is 146 Å². The molecule has 1 fully saturated rings. The van der Waals surface area contributed by atoms with Gasteiger partial charge in [0.15, 0.2) is 6.61 Å². The fourth-order valence-corrected chi connectivity index (χ4v) is 3.07. The SMILES string of the molecule is COc1cc(SC)ccc1C(=O)OCC(=O)N1CC(C)OC(C)C1. The van der Waals surface area contributed by atoms with Gasteiger partial charge in [0.2, 0.25) is 0 Å². The molecule has 0 spiro atoms. The summed E-state index contributed by atoms with van der Waals surface area (Å²) in [6, 6.07) is 5.24. The maximum Gasteiger partial charge on any atom is 0.342 e. The number of thioether (sulfide) groups is 1. The second-order valence-corrected chi connectivity index (χ2v) is 6.58. The van der Waals surface area contributed by atoms with Crippen LogP contribution >= 0.6 is 11.8 Å². The molecule has 132 valence electrons. The molecule has 0 radical (unpaired) electrons. The molecule has 1 amide bonds. The van der Waals surface area contributed by atoms with Crippen LogP contribution in [0.25, 0.3) is 0 Å². The van der Waals surface area contributed by atoms with Crippen LogP contribution in [0.1, 0.15) is 24.2 Å². The van der Waals surface area contributed by atoms with Crippen LogP contribution in [0, 0.1) is 0 Å². The number of amides is 1. The van der Waals surface area contributed by atoms with Crippen LogP contribution in [-0.2, 0) is 14.3 Å². The Morgan fingerprint density at radius 1 is 1.29 bits per heavy atom. The van der Waals surface area contributed by atoms with Crippen molar-refractivity contribution in [2.45, 2.75) is 31.0 Å². The highest BCUT2D eigenvalue weighted by molar-refractivity contribution is 7.98. The van der Waals surface area contributed by atoms with Crippen LogP contribution in [0.5, 0.6) is 5.75 Å². The third-order valence-electron chi connectivity index (χ3n) is 3.73. The molecule has 2 atom stereocenters. The summed E-state index contributed by atoms with van der Waals surface area (Å²) in [5.74, 6) is -0.347. The minimum Gasteiger partial charge on any atom is -0.496 e. The van der Waals surface area contributed by atoms with Crippen molar-refractivity contribution >= 4 is 23.6 Å². The number of esters is 1. The maximum atomic E-state index is 12.2. The first-order chi connectivity index (χ1) is 11.4. The Morgan fingerprint density at radius 2 is 1.96 bits per heavy atom. The minimum absolute atomic E-state index is 0.0208. The summed E-state index contributed by atoms with van der Waals surface area (Å²) >= 11 is 1.55. The van der Waals surface area contributed by atoms with Crippen LogP contribution in [-0.4, -0.2) is 62.0 Å². The summed E-state index contributed by atoms with van der Waals surface area (Å²) in [5.41, 5.74) is 0.312. The van der Waals surface area contributed by atoms with Gasteiger partial charge in [-0.15, -0.1) is 11.8 Å². The van der Waals surface area contributed by atoms with Crippen molar-refractivity contribution in [1.82, 2.24) is 4.90 Å². The first-order valence-corrected chi connectivity index (χ1v) is 8.99. The van der Waals surface area contributed by atoms with Crippen molar-refractivity contribution in [3.8, 4) is 5.75 Å². The van der Waals surface area contributed by atoms with Gasteiger partial charge in [0.25, 0.3) is 5.91 Å². The van der Waals surface area contributed by atoms with E-state index in [0.29, 0.717) is 24.4 Å². The second-order valence-electron chi connectivity index (χ2n) is 5.70. The Bertz CT molecular complexity index is 597. The van der Waals surface area contributed by atoms with Crippen molar-refractivity contribution < 1.29 is 23.8 Å². The van der Waals surface area contributed by atoms with Crippen LogP contribution in [0.3, 0.4) is 0 Å². The predicted octanol–water partition coefficient (Wildman–Crippen LogP) is 2.21. The third kappa shape index (κ3) is 4.64. The summed E-state index contributed by atoms with van der Waals surface area (Å²) in [6.45, 7) is 4.56. The van der Waals surface area contributed by atoms with Crippen LogP contribution in [0.2, 0.25) is 0 Å². The van der Waals surface area contributed by atoms with Gasteiger partial charge in [-0.25, -0.2) is 4.79 Å². The van der Waals surface area contributed by atoms with E-state index in [2.05, 4.69) is 0 Å². The Kier molecular flexibility index (Phi) is 6.51. The zero-order valence-electron chi connectivity index (χ0n) is 14.4. The van der Waals surface area contributed by atoms with Crippen LogP contribution < -0.4 is 4.74 Å². The predicted molar refractivity (Wildman–Crippen MR) is 91.6 cm³/mol. The Balaban J connectivity index is 1.96. The second kappa shape index (κ2) is 8.39. The fraction of sp³-hybridized carbons (Fsp3) is 0.529. The molecule has 6 nitrogen and oxygen atoms in total. The number of hydrogen-bond donors (Lipinski definition) is 0. The van der Waals surface area contributed by atoms with E-state index < -0.39 is 5.97 Å². The van der Waals surface area contributed by atoms with Gasteiger partial charge in [0.1, 0.15) is 11.3 Å². The number of hydrogen-bond acceptors (Lipinski definition) is 6. The first-order valence-electron chi connectivity index (χ1n) is 7.77. The molecule has 1 aliphatic rings. The van der Waals surface area contributed by atoms with E-state index in [4.69, 9.17) is 14.2 Å². The zero-order chi connectivity index (χ0) is 17.7. The van der Waals surface area contributed by atoms with Crippen LogP contribution in [0.15, 0.2) is 23.1 Å². The third-order valence-corrected chi connectivity index (χ3v) is 4.45. The fourth-order valence-electron chi connectivity index (χ4n) is 2.65. The van der Waals surface area contributed by atoms with E-state index in [9.17, 15) is 9.59 Å². The number of carbonyl (C=O) groups is 2. The lowest BCUT2D eigenvalue weighted by Crippen LogP contribution is -2.49. The molecule has 1 aromatic rings. The molecule has 2 unspecified atom stereocenters. The van der Waals surface area contributed by atoms with Crippen molar-refractivity contribution in [3.63, 3.8) is 0 Å². The molecule has 1 saturated heterocycles. The average molecular weight is 353 g/mol. The van der Waals surface area contributed by atoms with Crippen LogP contribution in [0.4, 0.5) is 0 Å². The van der Waals surface area contributed by atoms with E-state index in [-0.39, 0.29) is 24.7 Å². The smallest absolute Gasteiger partial charge is 0.342 e. The number of rotatable bonds is 5. The minimum atomic E-state index is -0.567. The number of benzene rings is 1. The molecule has 1 heterocycles. The summed E-state index contributed by atoms with van der Waals surface area (Å²) in [4.78, 5) is 27.1. The highest BCUT2D eigenvalue weighted by atomic mass is 32.2. The molecular formula is C17H23NO5S. The maximum absolute atomic E-state index is 12.2. The highest BCUT2D eigenvalue weighted by Gasteiger charge is 2.26. The van der Waals surface area contributed by atoms with Gasteiger partial charge < -0.3 is 19.1 Å². The Morgan fingerprint density at radius 3 is 2.54 bits per heavy atom. The van der Waals surface area contributed by atoms with Crippen molar-refractivity contribution in [3.05, 3.63) is 23.8 Å². The topological polar surface area (TPSA) is 65.1 Å².